The molecule has 0 saturated heterocycles. The maximum absolute atomic E-state index is 12.0. The van der Waals surface area contributed by atoms with Gasteiger partial charge in [0.25, 0.3) is 5.91 Å². The van der Waals surface area contributed by atoms with Gasteiger partial charge in [0.15, 0.2) is 5.71 Å². The summed E-state index contributed by atoms with van der Waals surface area (Å²) >= 11 is 0. The fraction of sp³-hybridized carbons (Fsp3) is 0.167. The maximum Gasteiger partial charge on any atom is 0.308 e. The molecule has 0 aliphatic heterocycles. The van der Waals surface area contributed by atoms with Gasteiger partial charge >= 0.3 is 5.97 Å². The molecule has 7 heteroatoms. The average molecular weight is 342 g/mol. The van der Waals surface area contributed by atoms with Gasteiger partial charge in [-0.2, -0.15) is 0 Å². The molecule has 2 aromatic rings. The predicted octanol–water partition coefficient (Wildman–Crippen LogP) is 2.50. The van der Waals surface area contributed by atoms with Gasteiger partial charge in [-0.1, -0.05) is 23.4 Å². The number of hydrogen-bond donors (Lipinski definition) is 1. The monoisotopic (exact) mass is 342 g/mol. The van der Waals surface area contributed by atoms with Crippen molar-refractivity contribution in [3.05, 3.63) is 54.1 Å². The summed E-state index contributed by atoms with van der Waals surface area (Å²) < 4.78 is 10.9. The zero-order valence-electron chi connectivity index (χ0n) is 14.1. The predicted molar refractivity (Wildman–Crippen MR) is 91.9 cm³/mol. The highest BCUT2D eigenvalue weighted by molar-refractivity contribution is 6.45. The van der Waals surface area contributed by atoms with Crippen LogP contribution in [0.25, 0.3) is 0 Å². The van der Waals surface area contributed by atoms with Crippen molar-refractivity contribution >= 4 is 17.6 Å². The molecule has 0 atom stereocenters. The molecule has 0 aromatic heterocycles. The van der Waals surface area contributed by atoms with Gasteiger partial charge in [0.2, 0.25) is 0 Å². The number of carbonyl (C=O) groups is 2. The van der Waals surface area contributed by atoms with Crippen molar-refractivity contribution in [2.45, 2.75) is 6.92 Å². The molecule has 7 nitrogen and oxygen atoms in total. The Morgan fingerprint density at radius 3 is 2.44 bits per heavy atom. The molecule has 0 bridgehead atoms. The SMILES string of the molecule is CNC(=O)C(=NOC)c1ccccc1Oc1cccc(OC(C)=O)c1. The van der Waals surface area contributed by atoms with Crippen LogP contribution >= 0.6 is 0 Å². The Hall–Kier alpha value is -3.35. The zero-order chi connectivity index (χ0) is 18.2. The summed E-state index contributed by atoms with van der Waals surface area (Å²) in [5.74, 6) is 0.375. The number of para-hydroxylation sites is 1. The van der Waals surface area contributed by atoms with E-state index >= 15 is 0 Å². The van der Waals surface area contributed by atoms with E-state index in [-0.39, 0.29) is 5.71 Å². The molecule has 0 fully saturated rings. The first-order valence-electron chi connectivity index (χ1n) is 7.44. The third-order valence-corrected chi connectivity index (χ3v) is 3.06. The number of hydrogen-bond acceptors (Lipinski definition) is 6. The van der Waals surface area contributed by atoms with Crippen LogP contribution in [-0.4, -0.2) is 31.7 Å². The van der Waals surface area contributed by atoms with Crippen molar-refractivity contribution in [1.82, 2.24) is 5.32 Å². The molecule has 0 radical (unpaired) electrons. The smallest absolute Gasteiger partial charge is 0.308 e. The average Bonchev–Trinajstić information content (AvgIpc) is 2.59. The molecule has 0 heterocycles. The summed E-state index contributed by atoms with van der Waals surface area (Å²) in [7, 11) is 2.86. The molecule has 0 aliphatic carbocycles. The van der Waals surface area contributed by atoms with E-state index in [1.54, 1.807) is 48.5 Å². The molecular formula is C18H18N2O5. The van der Waals surface area contributed by atoms with Crippen LogP contribution in [0, 0.1) is 0 Å². The lowest BCUT2D eigenvalue weighted by atomic mass is 10.1. The molecular weight excluding hydrogens is 324 g/mol. The minimum atomic E-state index is -0.424. The molecule has 0 aliphatic rings. The van der Waals surface area contributed by atoms with Gasteiger partial charge in [-0.25, -0.2) is 0 Å². The second kappa shape index (κ2) is 8.49. The van der Waals surface area contributed by atoms with Gasteiger partial charge in [0.05, 0.1) is 5.56 Å². The number of rotatable bonds is 6. The van der Waals surface area contributed by atoms with Crippen LogP contribution in [0.15, 0.2) is 53.7 Å². The number of carbonyl (C=O) groups excluding carboxylic acids is 2. The van der Waals surface area contributed by atoms with E-state index in [1.165, 1.54) is 21.1 Å². The number of nitrogens with zero attached hydrogens (tertiary/aromatic N) is 1. The fourth-order valence-corrected chi connectivity index (χ4v) is 2.07. The summed E-state index contributed by atoms with van der Waals surface area (Å²) in [6.45, 7) is 1.32. The first kappa shape index (κ1) is 18.0. The lowest BCUT2D eigenvalue weighted by molar-refractivity contribution is -0.131. The van der Waals surface area contributed by atoms with E-state index < -0.39 is 11.9 Å². The van der Waals surface area contributed by atoms with Crippen molar-refractivity contribution in [1.29, 1.82) is 0 Å². The van der Waals surface area contributed by atoms with Crippen LogP contribution < -0.4 is 14.8 Å². The molecule has 2 rings (SSSR count). The van der Waals surface area contributed by atoms with Crippen molar-refractivity contribution in [2.24, 2.45) is 5.16 Å². The highest BCUT2D eigenvalue weighted by Crippen LogP contribution is 2.28. The Morgan fingerprint density at radius 1 is 1.04 bits per heavy atom. The normalized spacial score (nSPS) is 10.8. The van der Waals surface area contributed by atoms with Crippen LogP contribution in [0.5, 0.6) is 17.2 Å². The Kier molecular flexibility index (Phi) is 6.11. The highest BCUT2D eigenvalue weighted by atomic mass is 16.6. The van der Waals surface area contributed by atoms with E-state index in [4.69, 9.17) is 14.3 Å². The van der Waals surface area contributed by atoms with Crippen LogP contribution in [0.4, 0.5) is 0 Å². The van der Waals surface area contributed by atoms with Crippen LogP contribution in [-0.2, 0) is 14.4 Å². The third kappa shape index (κ3) is 4.81. The molecule has 0 spiro atoms. The van der Waals surface area contributed by atoms with E-state index in [9.17, 15) is 9.59 Å². The van der Waals surface area contributed by atoms with Crippen molar-refractivity contribution in [2.75, 3.05) is 14.2 Å². The van der Waals surface area contributed by atoms with E-state index in [1.807, 2.05) is 0 Å². The molecule has 1 amide bonds. The summed E-state index contributed by atoms with van der Waals surface area (Å²) in [5, 5.41) is 6.29. The number of ether oxygens (including phenoxy) is 2. The fourth-order valence-electron chi connectivity index (χ4n) is 2.07. The minimum Gasteiger partial charge on any atom is -0.457 e. The number of likely N-dealkylation sites (N-methyl/N-ethyl adjacent to an activating group) is 1. The van der Waals surface area contributed by atoms with E-state index in [0.717, 1.165) is 0 Å². The quantitative estimate of drug-likeness (QED) is 0.377. The number of amides is 1. The molecule has 0 unspecified atom stereocenters. The lowest BCUT2D eigenvalue weighted by Crippen LogP contribution is -2.28. The van der Waals surface area contributed by atoms with Crippen molar-refractivity contribution in [3.8, 4) is 17.2 Å². The second-order valence-electron chi connectivity index (χ2n) is 4.87. The van der Waals surface area contributed by atoms with E-state index in [0.29, 0.717) is 22.8 Å². The molecule has 2 aromatic carbocycles. The number of nitrogens with one attached hydrogen (secondary N) is 1. The van der Waals surface area contributed by atoms with Crippen molar-refractivity contribution < 1.29 is 23.9 Å². The lowest BCUT2D eigenvalue weighted by Gasteiger charge is -2.12. The molecule has 1 N–H and O–H groups in total. The minimum absolute atomic E-state index is 0.0803. The Bertz CT molecular complexity index is 802. The third-order valence-electron chi connectivity index (χ3n) is 3.06. The first-order chi connectivity index (χ1) is 12.0. The topological polar surface area (TPSA) is 86.2 Å². The summed E-state index contributed by atoms with van der Waals surface area (Å²) in [5.41, 5.74) is 0.540. The van der Waals surface area contributed by atoms with Crippen LogP contribution in [0.2, 0.25) is 0 Å². The van der Waals surface area contributed by atoms with Gasteiger partial charge in [-0.3, -0.25) is 9.59 Å². The van der Waals surface area contributed by atoms with Crippen molar-refractivity contribution in [3.63, 3.8) is 0 Å². The standard InChI is InChI=1S/C18H18N2O5/c1-12(21)24-13-7-6-8-14(11-13)25-16-10-5-4-9-15(16)17(20-23-3)18(22)19-2/h4-11H,1-3H3,(H,19,22). The number of oxime groups is 1. The van der Waals surface area contributed by atoms with Gasteiger partial charge in [-0.15, -0.1) is 0 Å². The summed E-state index contributed by atoms with van der Waals surface area (Å²) in [4.78, 5) is 27.9. The highest BCUT2D eigenvalue weighted by Gasteiger charge is 2.18. The summed E-state index contributed by atoms with van der Waals surface area (Å²) in [6, 6.07) is 13.5. The van der Waals surface area contributed by atoms with Crippen LogP contribution in [0.3, 0.4) is 0 Å². The summed E-state index contributed by atoms with van der Waals surface area (Å²) in [6.07, 6.45) is 0. The van der Waals surface area contributed by atoms with E-state index in [2.05, 4.69) is 10.5 Å². The van der Waals surface area contributed by atoms with Gasteiger partial charge < -0.3 is 19.6 Å². The van der Waals surface area contributed by atoms with Gasteiger partial charge in [0, 0.05) is 20.0 Å². The maximum atomic E-state index is 12.0. The van der Waals surface area contributed by atoms with Gasteiger partial charge in [-0.05, 0) is 24.3 Å². The second-order valence-corrected chi connectivity index (χ2v) is 4.87. The Labute approximate surface area is 145 Å². The zero-order valence-corrected chi connectivity index (χ0v) is 14.1. The Balaban J connectivity index is 2.37. The largest absolute Gasteiger partial charge is 0.457 e. The Morgan fingerprint density at radius 2 is 1.76 bits per heavy atom. The number of benzene rings is 2. The molecule has 130 valence electrons. The molecule has 0 saturated carbocycles. The molecule has 25 heavy (non-hydrogen) atoms. The number of esters is 1. The first-order valence-corrected chi connectivity index (χ1v) is 7.44. The van der Waals surface area contributed by atoms with Gasteiger partial charge in [0.1, 0.15) is 24.4 Å². The van der Waals surface area contributed by atoms with Crippen LogP contribution in [0.1, 0.15) is 12.5 Å².